The van der Waals surface area contributed by atoms with Gasteiger partial charge >= 0.3 is 6.03 Å². The highest BCUT2D eigenvalue weighted by molar-refractivity contribution is 7.90. The molecular weight excluding hydrogens is 392 g/mol. The lowest BCUT2D eigenvalue weighted by Gasteiger charge is -2.16. The Bertz CT molecular complexity index is 1040. The zero-order valence-corrected chi connectivity index (χ0v) is 16.9. The number of aryl methyl sites for hydroxylation is 2. The van der Waals surface area contributed by atoms with Crippen molar-refractivity contribution in [2.75, 3.05) is 18.5 Å². The van der Waals surface area contributed by atoms with E-state index in [9.17, 15) is 13.2 Å². The fraction of sp³-hybridized carbons (Fsp3) is 0.500. The Labute approximate surface area is 169 Å². The van der Waals surface area contributed by atoms with Crippen LogP contribution in [-0.4, -0.2) is 37.4 Å². The second kappa shape index (κ2) is 7.14. The van der Waals surface area contributed by atoms with E-state index in [1.807, 2.05) is 0 Å². The van der Waals surface area contributed by atoms with Crippen LogP contribution in [-0.2, 0) is 40.4 Å². The number of amides is 2. The van der Waals surface area contributed by atoms with Crippen LogP contribution < -0.4 is 10.0 Å². The van der Waals surface area contributed by atoms with Crippen molar-refractivity contribution < 1.29 is 17.9 Å². The van der Waals surface area contributed by atoms with Crippen molar-refractivity contribution in [2.45, 2.75) is 55.9 Å². The number of carbonyl (C=O) groups excluding carboxylic acids is 1. The number of hydrogen-bond acceptors (Lipinski definition) is 5. The van der Waals surface area contributed by atoms with E-state index >= 15 is 0 Å². The van der Waals surface area contributed by atoms with Crippen molar-refractivity contribution >= 4 is 21.7 Å². The smallest absolute Gasteiger partial charge is 0.333 e. The Hall–Kier alpha value is -2.39. The molecule has 2 heterocycles. The standard InChI is InChI=1S/C20H24N4O4S/c25-20(22-19-17-5-1-3-13(17)9-14-4-2-6-18(14)19)23-29(26,27)16-10-21-24(11-16)15-7-8-28-12-15/h9-11,15H,1-8,12H2,(H2,22,23,25). The highest BCUT2D eigenvalue weighted by atomic mass is 32.2. The van der Waals surface area contributed by atoms with Crippen LogP contribution in [0.15, 0.2) is 23.4 Å². The molecule has 0 bridgehead atoms. The molecule has 1 saturated heterocycles. The molecule has 0 saturated carbocycles. The maximum Gasteiger partial charge on any atom is 0.333 e. The number of anilines is 1. The first-order valence-corrected chi connectivity index (χ1v) is 11.6. The number of aromatic nitrogens is 2. The van der Waals surface area contributed by atoms with Crippen LogP contribution in [0.5, 0.6) is 0 Å². The molecule has 2 N–H and O–H groups in total. The number of urea groups is 1. The van der Waals surface area contributed by atoms with Crippen LogP contribution in [0.2, 0.25) is 0 Å². The second-order valence-corrected chi connectivity index (χ2v) is 9.65. The predicted molar refractivity (Wildman–Crippen MR) is 107 cm³/mol. The quantitative estimate of drug-likeness (QED) is 0.796. The fourth-order valence-corrected chi connectivity index (χ4v) is 5.52. The Morgan fingerprint density at radius 2 is 1.86 bits per heavy atom. The maximum atomic E-state index is 12.7. The molecule has 5 rings (SSSR count). The lowest BCUT2D eigenvalue weighted by Crippen LogP contribution is -2.34. The van der Waals surface area contributed by atoms with Crippen LogP contribution in [0.25, 0.3) is 0 Å². The molecule has 0 spiro atoms. The lowest BCUT2D eigenvalue weighted by molar-refractivity contribution is 0.184. The highest BCUT2D eigenvalue weighted by Gasteiger charge is 2.27. The molecule has 1 unspecified atom stereocenters. The molecule has 1 aromatic carbocycles. The minimum absolute atomic E-state index is 0.0249. The van der Waals surface area contributed by atoms with Gasteiger partial charge in [0.05, 0.1) is 18.8 Å². The first-order chi connectivity index (χ1) is 14.0. The van der Waals surface area contributed by atoms with E-state index in [1.54, 1.807) is 4.68 Å². The Kier molecular flexibility index (Phi) is 4.59. The monoisotopic (exact) mass is 416 g/mol. The summed E-state index contributed by atoms with van der Waals surface area (Å²) < 4.78 is 34.4. The number of nitrogens with one attached hydrogen (secondary N) is 2. The minimum Gasteiger partial charge on any atom is -0.379 e. The molecule has 29 heavy (non-hydrogen) atoms. The zero-order chi connectivity index (χ0) is 20.0. The molecule has 1 aromatic heterocycles. The summed E-state index contributed by atoms with van der Waals surface area (Å²) in [5.74, 6) is 0. The SMILES string of the molecule is O=C(Nc1c2c(cc3c1CCC3)CCC2)NS(=O)(=O)c1cnn(C2CCOC2)c1. The van der Waals surface area contributed by atoms with Gasteiger partial charge in [0.1, 0.15) is 4.90 Å². The Balaban J connectivity index is 1.35. The molecule has 1 aliphatic heterocycles. The molecular formula is C20H24N4O4S. The van der Waals surface area contributed by atoms with Crippen molar-refractivity contribution in [1.29, 1.82) is 0 Å². The molecule has 8 nitrogen and oxygen atoms in total. The maximum absolute atomic E-state index is 12.7. The van der Waals surface area contributed by atoms with Crippen molar-refractivity contribution in [3.63, 3.8) is 0 Å². The van der Waals surface area contributed by atoms with Crippen molar-refractivity contribution in [3.8, 4) is 0 Å². The van der Waals surface area contributed by atoms with E-state index < -0.39 is 16.1 Å². The van der Waals surface area contributed by atoms with Crippen LogP contribution >= 0.6 is 0 Å². The van der Waals surface area contributed by atoms with Crippen LogP contribution in [0.1, 0.15) is 47.6 Å². The van der Waals surface area contributed by atoms with Gasteiger partial charge in [0, 0.05) is 18.5 Å². The minimum atomic E-state index is -4.00. The third-order valence-electron chi connectivity index (χ3n) is 6.11. The number of carbonyl (C=O) groups is 1. The summed E-state index contributed by atoms with van der Waals surface area (Å²) >= 11 is 0. The average Bonchev–Trinajstić information content (AvgIpc) is 3.46. The summed E-state index contributed by atoms with van der Waals surface area (Å²) in [6, 6.07) is 1.57. The topological polar surface area (TPSA) is 102 Å². The molecule has 2 amide bonds. The van der Waals surface area contributed by atoms with E-state index in [4.69, 9.17) is 4.74 Å². The summed E-state index contributed by atoms with van der Waals surface area (Å²) in [6.45, 7) is 1.15. The summed E-state index contributed by atoms with van der Waals surface area (Å²) in [7, 11) is -4.00. The van der Waals surface area contributed by atoms with Gasteiger partial charge in [-0.15, -0.1) is 0 Å². The van der Waals surface area contributed by atoms with Gasteiger partial charge in [0.15, 0.2) is 0 Å². The molecule has 1 atom stereocenters. The predicted octanol–water partition coefficient (Wildman–Crippen LogP) is 2.33. The van der Waals surface area contributed by atoms with E-state index in [2.05, 4.69) is 21.2 Å². The number of rotatable bonds is 4. The molecule has 154 valence electrons. The molecule has 2 aromatic rings. The number of sulfonamides is 1. The third kappa shape index (κ3) is 3.42. The van der Waals surface area contributed by atoms with Gasteiger partial charge in [-0.2, -0.15) is 5.10 Å². The van der Waals surface area contributed by atoms with Crippen LogP contribution in [0, 0.1) is 0 Å². The second-order valence-electron chi connectivity index (χ2n) is 7.97. The average molecular weight is 417 g/mol. The van der Waals surface area contributed by atoms with Crippen LogP contribution in [0.3, 0.4) is 0 Å². The van der Waals surface area contributed by atoms with E-state index in [0.29, 0.717) is 13.2 Å². The Morgan fingerprint density at radius 1 is 1.14 bits per heavy atom. The van der Waals surface area contributed by atoms with Gasteiger partial charge in [-0.3, -0.25) is 4.68 Å². The number of nitrogens with zero attached hydrogens (tertiary/aromatic N) is 2. The molecule has 0 radical (unpaired) electrons. The first kappa shape index (κ1) is 18.6. The van der Waals surface area contributed by atoms with Gasteiger partial charge in [-0.25, -0.2) is 17.9 Å². The van der Waals surface area contributed by atoms with Crippen molar-refractivity contribution in [1.82, 2.24) is 14.5 Å². The molecule has 2 aliphatic carbocycles. The number of hydrogen-bond donors (Lipinski definition) is 2. The molecule has 9 heteroatoms. The third-order valence-corrected chi connectivity index (χ3v) is 7.39. The number of benzene rings is 1. The summed E-state index contributed by atoms with van der Waals surface area (Å²) in [5.41, 5.74) is 5.70. The summed E-state index contributed by atoms with van der Waals surface area (Å²) in [4.78, 5) is 12.6. The lowest BCUT2D eigenvalue weighted by atomic mass is 9.99. The van der Waals surface area contributed by atoms with Gasteiger partial charge in [-0.05, 0) is 67.2 Å². The first-order valence-electron chi connectivity index (χ1n) is 10.1. The van der Waals surface area contributed by atoms with Gasteiger partial charge in [0.2, 0.25) is 0 Å². The zero-order valence-electron chi connectivity index (χ0n) is 16.1. The summed E-state index contributed by atoms with van der Waals surface area (Å²) in [5, 5.41) is 6.99. The molecule has 1 fully saturated rings. The Morgan fingerprint density at radius 3 is 2.52 bits per heavy atom. The molecule has 3 aliphatic rings. The van der Waals surface area contributed by atoms with Gasteiger partial charge in [0.25, 0.3) is 10.0 Å². The van der Waals surface area contributed by atoms with E-state index in [-0.39, 0.29) is 10.9 Å². The van der Waals surface area contributed by atoms with Crippen LogP contribution in [0.4, 0.5) is 10.5 Å². The normalized spacial score (nSPS) is 20.5. The number of ether oxygens (including phenoxy) is 1. The van der Waals surface area contributed by atoms with Gasteiger partial charge < -0.3 is 10.1 Å². The van der Waals surface area contributed by atoms with Crippen molar-refractivity contribution in [2.24, 2.45) is 0 Å². The van der Waals surface area contributed by atoms with E-state index in [0.717, 1.165) is 61.8 Å². The fourth-order valence-electron chi connectivity index (χ4n) is 4.68. The highest BCUT2D eigenvalue weighted by Crippen LogP contribution is 2.38. The summed E-state index contributed by atoms with van der Waals surface area (Å²) in [6.07, 6.45) is 9.51. The van der Waals surface area contributed by atoms with E-state index in [1.165, 1.54) is 23.5 Å². The van der Waals surface area contributed by atoms with Crippen molar-refractivity contribution in [3.05, 3.63) is 40.7 Å². The number of fused-ring (bicyclic) bond motifs is 2. The largest absolute Gasteiger partial charge is 0.379 e. The van der Waals surface area contributed by atoms with Gasteiger partial charge in [-0.1, -0.05) is 6.07 Å².